The van der Waals surface area contributed by atoms with E-state index in [-0.39, 0.29) is 17.9 Å². The van der Waals surface area contributed by atoms with Crippen molar-refractivity contribution >= 4 is 12.0 Å². The highest BCUT2D eigenvalue weighted by Crippen LogP contribution is 2.17. The summed E-state index contributed by atoms with van der Waals surface area (Å²) in [5.74, 6) is 0.550. The molecule has 0 saturated heterocycles. The summed E-state index contributed by atoms with van der Waals surface area (Å²) in [4.78, 5) is 23.5. The quantitative estimate of drug-likeness (QED) is 0.772. The zero-order valence-electron chi connectivity index (χ0n) is 14.5. The topological polar surface area (TPSA) is 67.4 Å². The predicted octanol–water partition coefficient (Wildman–Crippen LogP) is 3.27. The molecule has 0 aliphatic heterocycles. The molecule has 1 rings (SSSR count). The molecule has 0 aliphatic rings. The average molecular weight is 320 g/mol. The minimum absolute atomic E-state index is 0.00123. The minimum Gasteiger partial charge on any atom is -0.453 e. The van der Waals surface area contributed by atoms with Crippen molar-refractivity contribution in [2.75, 3.05) is 13.7 Å². The van der Waals surface area contributed by atoms with Crippen molar-refractivity contribution < 1.29 is 14.3 Å². The van der Waals surface area contributed by atoms with Crippen molar-refractivity contribution in [3.8, 4) is 0 Å². The van der Waals surface area contributed by atoms with Crippen LogP contribution in [-0.4, -0.2) is 25.7 Å². The third-order valence-corrected chi connectivity index (χ3v) is 3.68. The lowest BCUT2D eigenvalue weighted by molar-refractivity contribution is -0.122. The highest BCUT2D eigenvalue weighted by molar-refractivity contribution is 5.76. The van der Waals surface area contributed by atoms with Crippen LogP contribution >= 0.6 is 0 Å². The second-order valence-corrected chi connectivity index (χ2v) is 6.27. The monoisotopic (exact) mass is 320 g/mol. The number of carbonyl (C=O) groups excluding carboxylic acids is 2. The highest BCUT2D eigenvalue weighted by Gasteiger charge is 2.18. The second-order valence-electron chi connectivity index (χ2n) is 6.27. The Morgan fingerprint density at radius 2 is 1.78 bits per heavy atom. The summed E-state index contributed by atoms with van der Waals surface area (Å²) in [5, 5.41) is 5.71. The van der Waals surface area contributed by atoms with Gasteiger partial charge in [0.2, 0.25) is 5.91 Å². The van der Waals surface area contributed by atoms with Gasteiger partial charge in [-0.3, -0.25) is 4.79 Å². The third-order valence-electron chi connectivity index (χ3n) is 3.68. The molecule has 0 spiro atoms. The number of nitrogens with one attached hydrogen (secondary N) is 2. The summed E-state index contributed by atoms with van der Waals surface area (Å²) in [6.45, 7) is 6.63. The average Bonchev–Trinajstić information content (AvgIpc) is 2.52. The lowest BCUT2D eigenvalue weighted by atomic mass is 9.93. The van der Waals surface area contributed by atoms with Crippen molar-refractivity contribution in [3.05, 3.63) is 35.9 Å². The Labute approximate surface area is 138 Å². The van der Waals surface area contributed by atoms with Crippen molar-refractivity contribution in [1.29, 1.82) is 0 Å². The Kier molecular flexibility index (Phi) is 8.16. The molecule has 5 nitrogen and oxygen atoms in total. The Bertz CT molecular complexity index is 488. The highest BCUT2D eigenvalue weighted by atomic mass is 16.5. The first-order valence-electron chi connectivity index (χ1n) is 8.08. The zero-order chi connectivity index (χ0) is 17.2. The van der Waals surface area contributed by atoms with Gasteiger partial charge in [-0.1, -0.05) is 44.2 Å². The molecule has 1 aromatic carbocycles. The number of methoxy groups -OCH3 is 1. The Morgan fingerprint density at radius 1 is 1.13 bits per heavy atom. The fourth-order valence-electron chi connectivity index (χ4n) is 2.59. The maximum absolute atomic E-state index is 12.3. The van der Waals surface area contributed by atoms with Crippen LogP contribution in [-0.2, 0) is 9.53 Å². The SMILES string of the molecule is COC(=O)NC[C@H](CC(=O)N[C@H](C)c1ccccc1)CC(C)C. The number of benzene rings is 1. The van der Waals surface area contributed by atoms with Crippen LogP contribution in [0.4, 0.5) is 4.79 Å². The van der Waals surface area contributed by atoms with E-state index in [1.165, 1.54) is 7.11 Å². The Hall–Kier alpha value is -2.04. The van der Waals surface area contributed by atoms with E-state index in [9.17, 15) is 9.59 Å². The predicted molar refractivity (Wildman–Crippen MR) is 91.0 cm³/mol. The normalized spacial score (nSPS) is 13.3. The van der Waals surface area contributed by atoms with Gasteiger partial charge >= 0.3 is 6.09 Å². The number of ether oxygens (including phenoxy) is 1. The molecular weight excluding hydrogens is 292 g/mol. The van der Waals surface area contributed by atoms with Gasteiger partial charge in [0.15, 0.2) is 0 Å². The van der Waals surface area contributed by atoms with E-state index >= 15 is 0 Å². The number of carbonyl (C=O) groups is 2. The van der Waals surface area contributed by atoms with Crippen LogP contribution in [0.5, 0.6) is 0 Å². The maximum Gasteiger partial charge on any atom is 0.406 e. The van der Waals surface area contributed by atoms with Crippen molar-refractivity contribution in [3.63, 3.8) is 0 Å². The number of hydrogen-bond acceptors (Lipinski definition) is 3. The first kappa shape index (κ1) is 19.0. The lowest BCUT2D eigenvalue weighted by Crippen LogP contribution is -2.34. The fraction of sp³-hybridized carbons (Fsp3) is 0.556. The van der Waals surface area contributed by atoms with E-state index in [2.05, 4.69) is 29.2 Å². The van der Waals surface area contributed by atoms with Gasteiger partial charge in [-0.05, 0) is 30.7 Å². The molecule has 23 heavy (non-hydrogen) atoms. The molecule has 0 aromatic heterocycles. The Morgan fingerprint density at radius 3 is 2.35 bits per heavy atom. The van der Waals surface area contributed by atoms with Crippen LogP contribution in [0.15, 0.2) is 30.3 Å². The molecular formula is C18H28N2O3. The number of amides is 2. The van der Waals surface area contributed by atoms with Crippen molar-refractivity contribution in [2.24, 2.45) is 11.8 Å². The molecule has 0 bridgehead atoms. The van der Waals surface area contributed by atoms with Crippen molar-refractivity contribution in [1.82, 2.24) is 10.6 Å². The third kappa shape index (κ3) is 7.68. The van der Waals surface area contributed by atoms with Crippen LogP contribution in [0.2, 0.25) is 0 Å². The molecule has 1 aromatic rings. The molecule has 128 valence electrons. The molecule has 0 aliphatic carbocycles. The van der Waals surface area contributed by atoms with Crippen LogP contribution in [0, 0.1) is 11.8 Å². The maximum atomic E-state index is 12.3. The molecule has 0 radical (unpaired) electrons. The van der Waals surface area contributed by atoms with Gasteiger partial charge in [-0.25, -0.2) is 4.79 Å². The van der Waals surface area contributed by atoms with E-state index in [0.29, 0.717) is 18.9 Å². The van der Waals surface area contributed by atoms with Gasteiger partial charge in [0.05, 0.1) is 13.2 Å². The van der Waals surface area contributed by atoms with Gasteiger partial charge in [0.25, 0.3) is 0 Å². The van der Waals surface area contributed by atoms with Gasteiger partial charge in [0.1, 0.15) is 0 Å². The molecule has 2 atom stereocenters. The molecule has 2 amide bonds. The summed E-state index contributed by atoms with van der Waals surface area (Å²) in [7, 11) is 1.33. The lowest BCUT2D eigenvalue weighted by Gasteiger charge is -2.21. The Balaban J connectivity index is 2.53. The van der Waals surface area contributed by atoms with Crippen molar-refractivity contribution in [2.45, 2.75) is 39.7 Å². The summed E-state index contributed by atoms with van der Waals surface area (Å²) in [6.07, 6.45) is 0.799. The summed E-state index contributed by atoms with van der Waals surface area (Å²) < 4.78 is 4.58. The molecule has 0 unspecified atom stereocenters. The van der Waals surface area contributed by atoms with Crippen LogP contribution in [0.1, 0.15) is 45.2 Å². The van der Waals surface area contributed by atoms with Gasteiger partial charge in [-0.15, -0.1) is 0 Å². The van der Waals surface area contributed by atoms with E-state index in [1.54, 1.807) is 0 Å². The van der Waals surface area contributed by atoms with Gasteiger partial charge in [-0.2, -0.15) is 0 Å². The van der Waals surface area contributed by atoms with E-state index in [0.717, 1.165) is 12.0 Å². The van der Waals surface area contributed by atoms with Gasteiger partial charge < -0.3 is 15.4 Å². The first-order valence-corrected chi connectivity index (χ1v) is 8.08. The van der Waals surface area contributed by atoms with Gasteiger partial charge in [0, 0.05) is 13.0 Å². The van der Waals surface area contributed by atoms with Crippen LogP contribution in [0.3, 0.4) is 0 Å². The standard InChI is InChI=1S/C18H28N2O3/c1-13(2)10-15(12-19-18(22)23-4)11-17(21)20-14(3)16-8-6-5-7-9-16/h5-9,13-15H,10-12H2,1-4H3,(H,19,22)(H,20,21)/t14-,15+/m1/s1. The summed E-state index contributed by atoms with van der Waals surface area (Å²) in [6, 6.07) is 9.83. The molecule has 5 heteroatoms. The molecule has 0 saturated carbocycles. The smallest absolute Gasteiger partial charge is 0.406 e. The molecule has 2 N–H and O–H groups in total. The number of hydrogen-bond donors (Lipinski definition) is 2. The minimum atomic E-state index is -0.461. The largest absolute Gasteiger partial charge is 0.453 e. The first-order chi connectivity index (χ1) is 10.9. The van der Waals surface area contributed by atoms with E-state index < -0.39 is 6.09 Å². The number of rotatable bonds is 8. The fourth-order valence-corrected chi connectivity index (χ4v) is 2.59. The molecule has 0 heterocycles. The van der Waals surface area contributed by atoms with Crippen LogP contribution in [0.25, 0.3) is 0 Å². The molecule has 0 fully saturated rings. The van der Waals surface area contributed by atoms with E-state index in [4.69, 9.17) is 0 Å². The van der Waals surface area contributed by atoms with E-state index in [1.807, 2.05) is 37.3 Å². The number of alkyl carbamates (subject to hydrolysis) is 1. The second kappa shape index (κ2) is 9.87. The summed E-state index contributed by atoms with van der Waals surface area (Å²) in [5.41, 5.74) is 1.08. The van der Waals surface area contributed by atoms with Crippen LogP contribution < -0.4 is 10.6 Å². The zero-order valence-corrected chi connectivity index (χ0v) is 14.5. The summed E-state index contributed by atoms with van der Waals surface area (Å²) >= 11 is 0.